The maximum absolute atomic E-state index is 15.3. The van der Waals surface area contributed by atoms with Gasteiger partial charge < -0.3 is 19.9 Å². The average molecular weight is 624 g/mol. The van der Waals surface area contributed by atoms with E-state index in [0.29, 0.717) is 23.3 Å². The molecule has 5 nitrogen and oxygen atoms in total. The Bertz CT molecular complexity index is 1320. The van der Waals surface area contributed by atoms with Gasteiger partial charge in [-0.3, -0.25) is 4.79 Å². The summed E-state index contributed by atoms with van der Waals surface area (Å²) in [4.78, 5) is 17.5. The number of hydrogen-bond acceptors (Lipinski definition) is 4. The Kier molecular flexibility index (Phi) is 13.1. The van der Waals surface area contributed by atoms with Gasteiger partial charge in [-0.2, -0.15) is 4.39 Å². The molecule has 1 heterocycles. The maximum atomic E-state index is 15.3. The van der Waals surface area contributed by atoms with Crippen LogP contribution < -0.4 is 15.0 Å². The summed E-state index contributed by atoms with van der Waals surface area (Å²) >= 11 is 0. The normalized spacial score (nSPS) is 16.6. The number of hydrogen-bond donors (Lipinski definition) is 1. The highest BCUT2D eigenvalue weighted by Gasteiger charge is 2.24. The van der Waals surface area contributed by atoms with Crippen LogP contribution in [0.15, 0.2) is 65.4 Å². The van der Waals surface area contributed by atoms with Crippen molar-refractivity contribution in [2.75, 3.05) is 25.0 Å². The predicted molar refractivity (Wildman–Crippen MR) is 183 cm³/mol. The lowest BCUT2D eigenvalue weighted by Crippen LogP contribution is -2.33. The zero-order valence-electron chi connectivity index (χ0n) is 29.0. The van der Waals surface area contributed by atoms with Crippen molar-refractivity contribution in [1.82, 2.24) is 10.2 Å². The zero-order valence-corrected chi connectivity index (χ0v) is 29.0. The Hall–Kier alpha value is -3.35. The van der Waals surface area contributed by atoms with Gasteiger partial charge in [-0.25, -0.2) is 4.39 Å². The molecule has 7 heteroatoms. The zero-order chi connectivity index (χ0) is 33.3. The van der Waals surface area contributed by atoms with Crippen LogP contribution in [0.25, 0.3) is 0 Å². The fourth-order valence-electron chi connectivity index (χ4n) is 5.86. The van der Waals surface area contributed by atoms with Gasteiger partial charge >= 0.3 is 0 Å². The molecule has 0 radical (unpaired) electrons. The molecule has 1 aliphatic heterocycles. The average Bonchev–Trinajstić information content (AvgIpc) is 3.01. The number of amides is 1. The summed E-state index contributed by atoms with van der Waals surface area (Å²) < 4.78 is 34.3. The Labute approximate surface area is 270 Å². The van der Waals surface area contributed by atoms with E-state index in [2.05, 4.69) is 48.9 Å². The smallest absolute Gasteiger partial charge is 0.248 e. The molecule has 2 aromatic rings. The summed E-state index contributed by atoms with van der Waals surface area (Å²) in [6.45, 7) is 17.4. The van der Waals surface area contributed by atoms with E-state index in [9.17, 15) is 9.18 Å². The molecule has 1 saturated heterocycles. The lowest BCUT2D eigenvalue weighted by molar-refractivity contribution is -0.117. The molecule has 1 amide bonds. The number of carbonyl (C=O) groups is 1. The number of rotatable bonds is 14. The number of ether oxygens (including phenoxy) is 1. The van der Waals surface area contributed by atoms with Crippen LogP contribution in [0.1, 0.15) is 105 Å². The molecule has 45 heavy (non-hydrogen) atoms. The first-order chi connectivity index (χ1) is 21.2. The molecular formula is C38H55F2N3O2. The van der Waals surface area contributed by atoms with Gasteiger partial charge in [-0.15, -0.1) is 0 Å². The summed E-state index contributed by atoms with van der Waals surface area (Å²) in [5.41, 5.74) is 5.57. The van der Waals surface area contributed by atoms with Crippen molar-refractivity contribution < 1.29 is 18.3 Å². The predicted octanol–water partition coefficient (Wildman–Crippen LogP) is 9.30. The van der Waals surface area contributed by atoms with E-state index < -0.39 is 5.85 Å². The highest BCUT2D eigenvalue weighted by atomic mass is 19.2. The number of alkyl halides is 1. The summed E-state index contributed by atoms with van der Waals surface area (Å²) in [7, 11) is 2.04. The van der Waals surface area contributed by atoms with Gasteiger partial charge in [0.05, 0.1) is 0 Å². The Morgan fingerprint density at radius 3 is 2.33 bits per heavy atom. The topological polar surface area (TPSA) is 44.8 Å². The lowest BCUT2D eigenvalue weighted by Gasteiger charge is -2.34. The monoisotopic (exact) mass is 623 g/mol. The second kappa shape index (κ2) is 16.3. The van der Waals surface area contributed by atoms with Crippen LogP contribution >= 0.6 is 0 Å². The molecule has 3 rings (SSSR count). The molecule has 0 aromatic heterocycles. The fraction of sp³-hybridized carbons (Fsp3) is 0.553. The molecule has 1 N–H and O–H groups in total. The number of carbonyl (C=O) groups excluding carboxylic acids is 1. The molecule has 0 spiro atoms. The van der Waals surface area contributed by atoms with Crippen molar-refractivity contribution in [3.8, 4) is 5.75 Å². The standard InChI is InChI=1S/C38H55F2N3O2/c1-10-26(2)23-27(3)11-12-28(4)42(9)30(6)29(5)37(44)41-25-31-13-18-35(36(39)24-31)32-19-21-43(22-20-32)33-14-16-34(17-15-33)45-38(7,8)40/h13-18,23-24,26,28,32H,10-12,19-22,25H2,1-9H3,(H,41,44)/b27-23-,30-29+. The molecule has 0 bridgehead atoms. The molecular weight excluding hydrogens is 568 g/mol. The van der Waals surface area contributed by atoms with Gasteiger partial charge in [0.25, 0.3) is 0 Å². The van der Waals surface area contributed by atoms with Crippen LogP contribution in [0.2, 0.25) is 0 Å². The van der Waals surface area contributed by atoms with Gasteiger partial charge in [0, 0.05) is 63.5 Å². The van der Waals surface area contributed by atoms with Gasteiger partial charge in [0.1, 0.15) is 11.6 Å². The van der Waals surface area contributed by atoms with Crippen LogP contribution in [0, 0.1) is 11.7 Å². The van der Waals surface area contributed by atoms with E-state index in [-0.39, 0.29) is 24.2 Å². The Morgan fingerprint density at radius 1 is 1.11 bits per heavy atom. The van der Waals surface area contributed by atoms with Crippen LogP contribution in [-0.2, 0) is 11.3 Å². The molecule has 0 saturated carbocycles. The van der Waals surface area contributed by atoms with Crippen molar-refractivity contribution in [3.05, 3.63) is 82.3 Å². The van der Waals surface area contributed by atoms with Gasteiger partial charge in [-0.1, -0.05) is 44.1 Å². The van der Waals surface area contributed by atoms with E-state index in [1.54, 1.807) is 18.2 Å². The number of piperidine rings is 1. The molecule has 0 aliphatic carbocycles. The van der Waals surface area contributed by atoms with Crippen molar-refractivity contribution >= 4 is 11.6 Å². The van der Waals surface area contributed by atoms with Crippen molar-refractivity contribution in [3.63, 3.8) is 0 Å². The minimum absolute atomic E-state index is 0.135. The molecule has 248 valence electrons. The molecule has 2 aromatic carbocycles. The fourth-order valence-corrected chi connectivity index (χ4v) is 5.86. The van der Waals surface area contributed by atoms with Gasteiger partial charge in [-0.05, 0) is 107 Å². The Balaban J connectivity index is 1.51. The highest BCUT2D eigenvalue weighted by molar-refractivity contribution is 5.93. The van der Waals surface area contributed by atoms with E-state index in [0.717, 1.165) is 67.7 Å². The lowest BCUT2D eigenvalue weighted by atomic mass is 9.88. The first-order valence-electron chi connectivity index (χ1n) is 16.6. The number of benzene rings is 2. The highest BCUT2D eigenvalue weighted by Crippen LogP contribution is 2.33. The van der Waals surface area contributed by atoms with E-state index in [1.807, 2.05) is 45.2 Å². The minimum Gasteiger partial charge on any atom is -0.459 e. The quantitative estimate of drug-likeness (QED) is 0.168. The van der Waals surface area contributed by atoms with Crippen molar-refractivity contribution in [1.29, 1.82) is 0 Å². The largest absolute Gasteiger partial charge is 0.459 e. The first-order valence-corrected chi connectivity index (χ1v) is 16.6. The van der Waals surface area contributed by atoms with Crippen LogP contribution in [0.4, 0.5) is 14.5 Å². The van der Waals surface area contributed by atoms with Crippen LogP contribution in [0.3, 0.4) is 0 Å². The van der Waals surface area contributed by atoms with E-state index >= 15 is 4.39 Å². The van der Waals surface area contributed by atoms with Crippen LogP contribution in [0.5, 0.6) is 5.75 Å². The first kappa shape index (κ1) is 36.1. The summed E-state index contributed by atoms with van der Waals surface area (Å²) in [6.07, 6.45) is 7.26. The third-order valence-corrected chi connectivity index (χ3v) is 9.26. The van der Waals surface area contributed by atoms with E-state index in [1.165, 1.54) is 19.4 Å². The Morgan fingerprint density at radius 2 is 1.76 bits per heavy atom. The number of nitrogens with zero attached hydrogens (tertiary/aromatic N) is 2. The number of anilines is 1. The molecule has 2 unspecified atom stereocenters. The van der Waals surface area contributed by atoms with E-state index in [4.69, 9.17) is 4.74 Å². The molecule has 1 aliphatic rings. The second-order valence-corrected chi connectivity index (χ2v) is 13.4. The minimum atomic E-state index is -1.72. The number of nitrogens with one attached hydrogen (secondary N) is 1. The van der Waals surface area contributed by atoms with Crippen molar-refractivity contribution in [2.45, 2.75) is 112 Å². The van der Waals surface area contributed by atoms with Gasteiger partial charge in [0.15, 0.2) is 0 Å². The van der Waals surface area contributed by atoms with Gasteiger partial charge in [0.2, 0.25) is 11.8 Å². The summed E-state index contributed by atoms with van der Waals surface area (Å²) in [5.74, 6) is -0.842. The number of allylic oxidation sites excluding steroid dienone is 3. The summed E-state index contributed by atoms with van der Waals surface area (Å²) in [6, 6.07) is 13.1. The van der Waals surface area contributed by atoms with Crippen LogP contribution in [-0.4, -0.2) is 42.8 Å². The molecule has 1 fully saturated rings. The number of halogens is 2. The summed E-state index contributed by atoms with van der Waals surface area (Å²) in [5, 5.41) is 2.98. The SMILES string of the molecule is CCC(C)/C=C(/C)CCC(C)N(C)/C(C)=C(\C)C(=O)NCc1ccc(C2CCN(c3ccc(OC(C)(C)F)cc3)CC2)c(F)c1. The third-order valence-electron chi connectivity index (χ3n) is 9.26. The van der Waals surface area contributed by atoms with Crippen molar-refractivity contribution in [2.24, 2.45) is 5.92 Å². The third kappa shape index (κ3) is 10.9. The second-order valence-electron chi connectivity index (χ2n) is 13.4. The molecule has 2 atom stereocenters. The maximum Gasteiger partial charge on any atom is 0.248 e.